The molecule has 103 heavy (non-hydrogen) atoms. The van der Waals surface area contributed by atoms with Crippen LogP contribution in [0.3, 0.4) is 0 Å². The summed E-state index contributed by atoms with van der Waals surface area (Å²) in [6.45, 7) is 5.74. The molecule has 3 N–H and O–H groups in total. The first-order valence-corrected chi connectivity index (χ1v) is 35.9. The predicted octanol–water partition coefficient (Wildman–Crippen LogP) is 3.66. The fourth-order valence-electron chi connectivity index (χ4n) is 13.3. The van der Waals surface area contributed by atoms with Crippen molar-refractivity contribution in [2.75, 3.05) is 115 Å². The Morgan fingerprint density at radius 1 is 0.641 bits per heavy atom. The highest BCUT2D eigenvalue weighted by molar-refractivity contribution is 6.31. The van der Waals surface area contributed by atoms with E-state index >= 15 is 19.2 Å². The van der Waals surface area contributed by atoms with Gasteiger partial charge in [-0.1, -0.05) is 90.8 Å². The van der Waals surface area contributed by atoms with E-state index in [0.29, 0.717) is 38.5 Å². The summed E-state index contributed by atoms with van der Waals surface area (Å²) < 4.78 is 76.4. The van der Waals surface area contributed by atoms with E-state index in [9.17, 15) is 65.1 Å². The van der Waals surface area contributed by atoms with Gasteiger partial charge in [0.1, 0.15) is 48.3 Å². The van der Waals surface area contributed by atoms with E-state index in [0.717, 1.165) is 95.0 Å². The molecule has 0 spiro atoms. The smallest absolute Gasteiger partial charge is 0.379 e. The van der Waals surface area contributed by atoms with Gasteiger partial charge in [0.25, 0.3) is 5.92 Å². The molecule has 13 amide bonds. The number of aryl methyl sites for hydroxylation is 1. The maximum absolute atomic E-state index is 15.3. The normalized spacial score (nSPS) is 25.6. The quantitative estimate of drug-likeness (QED) is 0.167. The number of amides is 13. The Balaban J connectivity index is 1.66. The summed E-state index contributed by atoms with van der Waals surface area (Å²) in [5.74, 6) is -15.9. The number of piperidine rings is 1. The second kappa shape index (κ2) is 38.3. The van der Waals surface area contributed by atoms with E-state index in [4.69, 9.17) is 16.3 Å². The first-order valence-electron chi connectivity index (χ1n) is 35.5. The van der Waals surface area contributed by atoms with Crippen molar-refractivity contribution < 1.29 is 89.0 Å². The van der Waals surface area contributed by atoms with Crippen molar-refractivity contribution >= 4 is 88.4 Å². The molecule has 0 unspecified atom stereocenters. The van der Waals surface area contributed by atoms with Crippen molar-refractivity contribution in [3.8, 4) is 0 Å². The van der Waals surface area contributed by atoms with Crippen LogP contribution in [0.15, 0.2) is 18.2 Å². The summed E-state index contributed by atoms with van der Waals surface area (Å²) in [5.41, 5.74) is -1.03. The second-order valence-corrected chi connectivity index (χ2v) is 28.9. The molecule has 1 aromatic carbocycles. The van der Waals surface area contributed by atoms with Crippen molar-refractivity contribution in [2.45, 2.75) is 198 Å². The molecular weight excluding hydrogens is 1380 g/mol. The van der Waals surface area contributed by atoms with E-state index < -0.39 is 218 Å². The number of ether oxygens (including phenoxy) is 1. The second-order valence-electron chi connectivity index (χ2n) is 28.5. The van der Waals surface area contributed by atoms with E-state index in [1.165, 1.54) is 61.2 Å². The number of likely N-dealkylation sites (N-methyl/N-ethyl adjacent to an activating group) is 8. The Morgan fingerprint density at radius 2 is 1.23 bits per heavy atom. The van der Waals surface area contributed by atoms with Gasteiger partial charge in [-0.2, -0.15) is 13.2 Å². The van der Waals surface area contributed by atoms with Crippen LogP contribution in [-0.4, -0.2) is 295 Å². The standard InChI is InChI=1S/C70H107ClF5N13O14/c1-15-31-103-39-50-64(98)87(14)60(42(3)4)68(102)86(13)53(66(100)88-29-21-18-22-30-88)35-55(91)83(10)44(6)61(95)79-59(43(5)16-2)67(101)82(9)37-57(93)80(7)38-58(94)84(11)52(33-45-23-19-17-20-24-45)65(99)81(8)36-54(90)77-49(28-26-46-25-27-47(48(71)32-46)70(74,75)76)63(97)85(12)51(62(96)78-50)34-56(92)89-40-69(72,73)41-89/h25,27,32,42-45,49-53,59-60H,15-24,26,28-31,33-41H2,1-14H3,(H,77,90)(H,78,96)(H,79,95)/t43-,44-,49-,50-,51-,52-,53-,59-,60-/m0/s1. The molecule has 0 radical (unpaired) electrons. The topological polar surface area (TPSA) is 300 Å². The lowest BCUT2D eigenvalue weighted by molar-refractivity contribution is -0.168. The molecule has 578 valence electrons. The third kappa shape index (κ3) is 23.4. The Bertz CT molecular complexity index is 3200. The van der Waals surface area contributed by atoms with E-state index in [2.05, 4.69) is 16.0 Å². The summed E-state index contributed by atoms with van der Waals surface area (Å²) in [6, 6.07) is -9.49. The van der Waals surface area contributed by atoms with Crippen LogP contribution < -0.4 is 16.0 Å². The average molecular weight is 1490 g/mol. The minimum absolute atomic E-state index is 0.0150. The maximum Gasteiger partial charge on any atom is 0.417 e. The van der Waals surface area contributed by atoms with Crippen LogP contribution in [0.1, 0.15) is 143 Å². The molecule has 27 nitrogen and oxygen atoms in total. The van der Waals surface area contributed by atoms with Gasteiger partial charge in [-0.3, -0.25) is 62.3 Å². The minimum atomic E-state index is -4.85. The maximum atomic E-state index is 15.3. The summed E-state index contributed by atoms with van der Waals surface area (Å²) in [7, 11) is 10.2. The first kappa shape index (κ1) is 85.9. The average Bonchev–Trinajstić information content (AvgIpc) is 0.807. The molecule has 4 aliphatic rings. The fourth-order valence-corrected chi connectivity index (χ4v) is 13.6. The summed E-state index contributed by atoms with van der Waals surface area (Å²) in [5, 5.41) is 7.18. The van der Waals surface area contributed by atoms with Crippen molar-refractivity contribution in [3.05, 3.63) is 34.3 Å². The van der Waals surface area contributed by atoms with Crippen molar-refractivity contribution in [1.29, 1.82) is 0 Å². The van der Waals surface area contributed by atoms with Crippen molar-refractivity contribution in [2.24, 2.45) is 17.8 Å². The van der Waals surface area contributed by atoms with Crippen LogP contribution >= 0.6 is 11.6 Å². The van der Waals surface area contributed by atoms with Gasteiger partial charge in [-0.15, -0.1) is 0 Å². The lowest BCUT2D eigenvalue weighted by atomic mass is 9.84. The molecule has 4 fully saturated rings. The molecule has 3 aliphatic heterocycles. The zero-order chi connectivity index (χ0) is 77.3. The third-order valence-corrected chi connectivity index (χ3v) is 20.6. The number of nitrogens with one attached hydrogen (secondary N) is 3. The molecule has 0 bridgehead atoms. The van der Waals surface area contributed by atoms with Crippen LogP contribution in [-0.2, 0) is 79.7 Å². The fraction of sp³-hybridized carbons (Fsp3) is 0.729. The van der Waals surface area contributed by atoms with Crippen LogP contribution in [0.2, 0.25) is 5.02 Å². The Kier molecular flexibility index (Phi) is 31.9. The van der Waals surface area contributed by atoms with Crippen LogP contribution in [0, 0.1) is 17.8 Å². The monoisotopic (exact) mass is 1480 g/mol. The Labute approximate surface area is 605 Å². The summed E-state index contributed by atoms with van der Waals surface area (Å²) in [6.07, 6.45) is -0.339. The highest BCUT2D eigenvalue weighted by atomic mass is 35.5. The van der Waals surface area contributed by atoms with E-state index in [-0.39, 0.29) is 44.0 Å². The molecule has 1 saturated carbocycles. The van der Waals surface area contributed by atoms with Crippen LogP contribution in [0.5, 0.6) is 0 Å². The highest BCUT2D eigenvalue weighted by Gasteiger charge is 2.49. The Hall–Kier alpha value is -7.77. The zero-order valence-corrected chi connectivity index (χ0v) is 62.8. The molecule has 9 atom stereocenters. The first-order chi connectivity index (χ1) is 48.2. The number of alkyl halides is 5. The van der Waals surface area contributed by atoms with Gasteiger partial charge in [0, 0.05) is 76.1 Å². The highest BCUT2D eigenvalue weighted by Crippen LogP contribution is 2.36. The van der Waals surface area contributed by atoms with Gasteiger partial charge >= 0.3 is 6.18 Å². The number of hydrogen-bond donors (Lipinski definition) is 3. The SMILES string of the molecule is CCCOC[C@@H]1NC(=O)[C@H](CC(=O)N2CC(F)(F)C2)N(C)C(=O)[C@H](CCc2ccc(C(F)(F)F)c(Cl)c2)NC(=O)CN(C)C(=O)[C@H](CC2CCCCC2)N(C)C(=O)CN(C)C(=O)CN(C)C(=O)[C@H]([C@@H](C)CC)NC(=O)[C@H](C)N(C)C(=O)C[C@@H](C(=O)N2CCCCC2)N(C)C(=O)[C@H](C(C)C)N(C)C1=O. The molecule has 1 aromatic rings. The number of carbonyl (C=O) groups is 13. The number of rotatable bonds is 15. The molecular formula is C70H107ClF5N13O14. The predicted molar refractivity (Wildman–Crippen MR) is 370 cm³/mol. The molecule has 33 heteroatoms. The molecule has 1 aliphatic carbocycles. The van der Waals surface area contributed by atoms with Crippen LogP contribution in [0.25, 0.3) is 0 Å². The number of halogens is 6. The van der Waals surface area contributed by atoms with Crippen LogP contribution in [0.4, 0.5) is 22.0 Å². The van der Waals surface area contributed by atoms with Gasteiger partial charge in [0.15, 0.2) is 0 Å². The molecule has 3 saturated heterocycles. The lowest BCUT2D eigenvalue weighted by Crippen LogP contribution is -2.63. The zero-order valence-electron chi connectivity index (χ0n) is 62.0. The molecule has 3 heterocycles. The number of likely N-dealkylation sites (tertiary alicyclic amines) is 2. The number of hydrogen-bond acceptors (Lipinski definition) is 14. The van der Waals surface area contributed by atoms with Crippen molar-refractivity contribution in [1.82, 2.24) is 64.9 Å². The molecule has 0 aromatic heterocycles. The van der Waals surface area contributed by atoms with Gasteiger partial charge in [-0.05, 0) is 87.3 Å². The van der Waals surface area contributed by atoms with Gasteiger partial charge in [-0.25, -0.2) is 8.78 Å². The lowest BCUT2D eigenvalue weighted by Gasteiger charge is -2.40. The minimum Gasteiger partial charge on any atom is -0.379 e. The largest absolute Gasteiger partial charge is 0.417 e. The summed E-state index contributed by atoms with van der Waals surface area (Å²) >= 11 is 6.12. The third-order valence-electron chi connectivity index (χ3n) is 20.3. The molecule has 5 rings (SSSR count). The Morgan fingerprint density at radius 3 is 1.81 bits per heavy atom. The number of carbonyl (C=O) groups excluding carboxylic acids is 13. The van der Waals surface area contributed by atoms with Gasteiger partial charge in [0.2, 0.25) is 76.8 Å². The van der Waals surface area contributed by atoms with Gasteiger partial charge < -0.3 is 69.7 Å². The van der Waals surface area contributed by atoms with E-state index in [1.807, 2.05) is 0 Å². The van der Waals surface area contributed by atoms with Gasteiger partial charge in [0.05, 0.1) is 62.8 Å². The van der Waals surface area contributed by atoms with E-state index in [1.54, 1.807) is 34.6 Å². The summed E-state index contributed by atoms with van der Waals surface area (Å²) in [4.78, 5) is 201. The number of nitrogens with zero attached hydrogens (tertiary/aromatic N) is 10. The van der Waals surface area contributed by atoms with Crippen molar-refractivity contribution in [3.63, 3.8) is 0 Å². The number of benzene rings is 1.